The highest BCUT2D eigenvalue weighted by Gasteiger charge is 2.21. The number of hydrogen-bond acceptors (Lipinski definition) is 3. The summed E-state index contributed by atoms with van der Waals surface area (Å²) in [6, 6.07) is 15.8. The van der Waals surface area contributed by atoms with Crippen LogP contribution in [-0.4, -0.2) is 23.9 Å². The molecule has 0 spiro atoms. The first kappa shape index (κ1) is 16.7. The number of carbonyl (C=O) groups excluding carboxylic acids is 1. The topological polar surface area (TPSA) is 62.4 Å². The molecule has 0 unspecified atom stereocenters. The molecule has 5 nitrogen and oxygen atoms in total. The van der Waals surface area contributed by atoms with Crippen LogP contribution in [0.1, 0.15) is 5.56 Å². The van der Waals surface area contributed by atoms with Gasteiger partial charge >= 0.3 is 6.09 Å². The SMILES string of the molecule is O=C1N[C@@H](Cc2ccc(NC(=S)Nc3ccc(Br)cc3)cc2)CO1. The van der Waals surface area contributed by atoms with Crippen molar-refractivity contribution in [3.63, 3.8) is 0 Å². The summed E-state index contributed by atoms with van der Waals surface area (Å²) in [6.07, 6.45) is 0.399. The third-order valence-corrected chi connectivity index (χ3v) is 4.27. The molecule has 1 fully saturated rings. The molecule has 0 saturated carbocycles. The van der Waals surface area contributed by atoms with E-state index in [2.05, 4.69) is 31.9 Å². The molecule has 1 amide bonds. The van der Waals surface area contributed by atoms with Crippen molar-refractivity contribution in [2.45, 2.75) is 12.5 Å². The maximum atomic E-state index is 11.0. The zero-order valence-electron chi connectivity index (χ0n) is 12.7. The molecule has 7 heteroatoms. The number of thiocarbonyl (C=S) groups is 1. The molecule has 0 bridgehead atoms. The summed E-state index contributed by atoms with van der Waals surface area (Å²) in [4.78, 5) is 11.0. The van der Waals surface area contributed by atoms with E-state index in [9.17, 15) is 4.79 Å². The highest BCUT2D eigenvalue weighted by atomic mass is 79.9. The van der Waals surface area contributed by atoms with Crippen LogP contribution in [0.4, 0.5) is 16.2 Å². The molecular formula is C17H16BrN3O2S. The molecule has 1 aliphatic rings. The van der Waals surface area contributed by atoms with Crippen LogP contribution in [0.25, 0.3) is 0 Å². The molecule has 0 aromatic heterocycles. The number of hydrogen-bond donors (Lipinski definition) is 3. The molecular weight excluding hydrogens is 390 g/mol. The van der Waals surface area contributed by atoms with E-state index >= 15 is 0 Å². The van der Waals surface area contributed by atoms with E-state index in [1.165, 1.54) is 0 Å². The van der Waals surface area contributed by atoms with Gasteiger partial charge < -0.3 is 20.7 Å². The molecule has 1 atom stereocenters. The lowest BCUT2D eigenvalue weighted by Crippen LogP contribution is -2.28. The summed E-state index contributed by atoms with van der Waals surface area (Å²) in [5.41, 5.74) is 2.95. The number of cyclic esters (lactones) is 1. The maximum Gasteiger partial charge on any atom is 0.407 e. The molecule has 1 aliphatic heterocycles. The number of alkyl carbamates (subject to hydrolysis) is 1. The second kappa shape index (κ2) is 7.63. The van der Waals surface area contributed by atoms with Gasteiger partial charge in [0.25, 0.3) is 0 Å². The molecule has 2 aromatic rings. The zero-order valence-corrected chi connectivity index (χ0v) is 15.1. The van der Waals surface area contributed by atoms with Crippen molar-refractivity contribution in [3.8, 4) is 0 Å². The number of ether oxygens (including phenoxy) is 1. The zero-order chi connectivity index (χ0) is 16.9. The van der Waals surface area contributed by atoms with Gasteiger partial charge in [-0.1, -0.05) is 28.1 Å². The Morgan fingerprint density at radius 2 is 1.71 bits per heavy atom. The van der Waals surface area contributed by atoms with Gasteiger partial charge in [0.05, 0.1) is 6.04 Å². The molecule has 124 valence electrons. The smallest absolute Gasteiger partial charge is 0.407 e. The van der Waals surface area contributed by atoms with Crippen LogP contribution < -0.4 is 16.0 Å². The minimum absolute atomic E-state index is 0.0384. The molecule has 3 rings (SSSR count). The highest BCUT2D eigenvalue weighted by molar-refractivity contribution is 9.10. The fraction of sp³-hybridized carbons (Fsp3) is 0.176. The number of nitrogens with one attached hydrogen (secondary N) is 3. The van der Waals surface area contributed by atoms with Crippen molar-refractivity contribution >= 4 is 50.7 Å². The van der Waals surface area contributed by atoms with Gasteiger partial charge in [0.2, 0.25) is 0 Å². The van der Waals surface area contributed by atoms with Gasteiger partial charge in [-0.15, -0.1) is 0 Å². The summed E-state index contributed by atoms with van der Waals surface area (Å²) in [7, 11) is 0. The van der Waals surface area contributed by atoms with Crippen molar-refractivity contribution in [2.75, 3.05) is 17.2 Å². The van der Waals surface area contributed by atoms with Gasteiger partial charge in [-0.05, 0) is 60.6 Å². The molecule has 24 heavy (non-hydrogen) atoms. The molecule has 1 saturated heterocycles. The lowest BCUT2D eigenvalue weighted by atomic mass is 10.1. The second-order valence-corrected chi connectivity index (χ2v) is 6.75. The van der Waals surface area contributed by atoms with Crippen molar-refractivity contribution < 1.29 is 9.53 Å². The second-order valence-electron chi connectivity index (χ2n) is 5.43. The van der Waals surface area contributed by atoms with E-state index in [1.807, 2.05) is 48.5 Å². The number of halogens is 1. The van der Waals surface area contributed by atoms with Crippen molar-refractivity contribution in [1.29, 1.82) is 0 Å². The Morgan fingerprint density at radius 3 is 2.25 bits per heavy atom. The van der Waals surface area contributed by atoms with Crippen molar-refractivity contribution in [1.82, 2.24) is 5.32 Å². The highest BCUT2D eigenvalue weighted by Crippen LogP contribution is 2.16. The first-order valence-electron chi connectivity index (χ1n) is 7.44. The first-order chi connectivity index (χ1) is 11.6. The minimum Gasteiger partial charge on any atom is -0.447 e. The third kappa shape index (κ3) is 4.69. The van der Waals surface area contributed by atoms with Crippen molar-refractivity contribution in [3.05, 3.63) is 58.6 Å². The summed E-state index contributed by atoms with van der Waals surface area (Å²) in [5.74, 6) is 0. The van der Waals surface area contributed by atoms with Gasteiger partial charge in [-0.2, -0.15) is 0 Å². The number of benzene rings is 2. The fourth-order valence-electron chi connectivity index (χ4n) is 2.37. The van der Waals surface area contributed by atoms with Crippen LogP contribution in [-0.2, 0) is 11.2 Å². The Bertz CT molecular complexity index is 735. The van der Waals surface area contributed by atoms with Gasteiger partial charge in [-0.25, -0.2) is 4.79 Å². The van der Waals surface area contributed by atoms with E-state index in [0.29, 0.717) is 11.7 Å². The summed E-state index contributed by atoms with van der Waals surface area (Å²) in [6.45, 7) is 0.417. The van der Waals surface area contributed by atoms with E-state index in [1.54, 1.807) is 0 Å². The van der Waals surface area contributed by atoms with Gasteiger partial charge in [0.15, 0.2) is 5.11 Å². The Hall–Kier alpha value is -2.12. The first-order valence-corrected chi connectivity index (χ1v) is 8.64. The summed E-state index contributed by atoms with van der Waals surface area (Å²) >= 11 is 8.71. The summed E-state index contributed by atoms with van der Waals surface area (Å²) in [5, 5.41) is 9.58. The van der Waals surface area contributed by atoms with Crippen LogP contribution in [0, 0.1) is 0 Å². The largest absolute Gasteiger partial charge is 0.447 e. The van der Waals surface area contributed by atoms with Crippen molar-refractivity contribution in [2.24, 2.45) is 0 Å². The van der Waals surface area contributed by atoms with Crippen LogP contribution in [0.5, 0.6) is 0 Å². The Morgan fingerprint density at radius 1 is 1.12 bits per heavy atom. The average molecular weight is 406 g/mol. The Balaban J connectivity index is 1.52. The Labute approximate surface area is 153 Å². The molecule has 0 radical (unpaired) electrons. The lowest BCUT2D eigenvalue weighted by molar-refractivity contribution is 0.177. The monoisotopic (exact) mass is 405 g/mol. The maximum absolute atomic E-state index is 11.0. The van der Waals surface area contributed by atoms with Crippen LogP contribution in [0.15, 0.2) is 53.0 Å². The van der Waals surface area contributed by atoms with Crippen LogP contribution in [0.3, 0.4) is 0 Å². The standard InChI is InChI=1S/C17H16BrN3O2S/c18-12-3-7-14(8-4-12)20-16(24)19-13-5-1-11(2-6-13)9-15-10-23-17(22)21-15/h1-8,15H,9-10H2,(H,21,22)(H2,19,20,24)/t15-/m0/s1. The minimum atomic E-state index is -0.345. The van der Waals surface area contributed by atoms with Crippen LogP contribution >= 0.6 is 28.1 Å². The Kier molecular flexibility index (Phi) is 5.32. The molecule has 1 heterocycles. The van der Waals surface area contributed by atoms with E-state index in [4.69, 9.17) is 17.0 Å². The molecule has 2 aromatic carbocycles. The normalized spacial score (nSPS) is 16.2. The molecule has 3 N–H and O–H groups in total. The fourth-order valence-corrected chi connectivity index (χ4v) is 2.87. The quantitative estimate of drug-likeness (QED) is 0.673. The predicted molar refractivity (Wildman–Crippen MR) is 102 cm³/mol. The average Bonchev–Trinajstić information content (AvgIpc) is 2.96. The van der Waals surface area contributed by atoms with E-state index < -0.39 is 0 Å². The number of rotatable bonds is 4. The van der Waals surface area contributed by atoms with E-state index in [-0.39, 0.29) is 12.1 Å². The molecule has 0 aliphatic carbocycles. The number of amides is 1. The van der Waals surface area contributed by atoms with Gasteiger partial charge in [0.1, 0.15) is 6.61 Å². The summed E-state index contributed by atoms with van der Waals surface area (Å²) < 4.78 is 5.91. The lowest BCUT2D eigenvalue weighted by Gasteiger charge is -2.12. The third-order valence-electron chi connectivity index (χ3n) is 3.53. The van der Waals surface area contributed by atoms with Gasteiger partial charge in [0, 0.05) is 15.8 Å². The van der Waals surface area contributed by atoms with Crippen LogP contribution in [0.2, 0.25) is 0 Å². The van der Waals surface area contributed by atoms with E-state index in [0.717, 1.165) is 27.8 Å². The number of carbonyl (C=O) groups is 1. The predicted octanol–water partition coefficient (Wildman–Crippen LogP) is 3.91. The number of anilines is 2. The van der Waals surface area contributed by atoms with Gasteiger partial charge in [-0.3, -0.25) is 0 Å².